The van der Waals surface area contributed by atoms with Crippen LogP contribution in [0.1, 0.15) is 89.3 Å². The topological polar surface area (TPSA) is 93.0 Å². The SMILES string of the molecule is C[C@H](CC1CCCCC1)C(=O)N1CCC(O)(CN2C(O)c3cncnc3N2C)C2(CCCC2)C1. The van der Waals surface area contributed by atoms with E-state index in [1.54, 1.807) is 6.20 Å². The van der Waals surface area contributed by atoms with E-state index in [4.69, 9.17) is 0 Å². The molecule has 8 nitrogen and oxygen atoms in total. The second kappa shape index (κ2) is 9.36. The van der Waals surface area contributed by atoms with E-state index in [0.717, 1.165) is 32.1 Å². The highest BCUT2D eigenvalue weighted by atomic mass is 16.3. The first-order chi connectivity index (χ1) is 16.3. The molecule has 2 unspecified atom stereocenters. The van der Waals surface area contributed by atoms with Gasteiger partial charge in [0.05, 0.1) is 17.7 Å². The van der Waals surface area contributed by atoms with Crippen molar-refractivity contribution in [2.24, 2.45) is 17.3 Å². The molecule has 0 bridgehead atoms. The first kappa shape index (κ1) is 23.9. The second-order valence-electron chi connectivity index (χ2n) is 11.5. The van der Waals surface area contributed by atoms with Crippen LogP contribution in [-0.4, -0.2) is 68.3 Å². The minimum absolute atomic E-state index is 0.0485. The minimum Gasteiger partial charge on any atom is -0.388 e. The predicted octanol–water partition coefficient (Wildman–Crippen LogP) is 3.26. The van der Waals surface area contributed by atoms with Gasteiger partial charge in [-0.3, -0.25) is 9.80 Å². The molecule has 5 rings (SSSR count). The number of hydrazine groups is 1. The Bertz CT molecular complexity index is 856. The molecule has 188 valence electrons. The average Bonchev–Trinajstić information content (AvgIpc) is 3.41. The maximum atomic E-state index is 13.5. The number of carbonyl (C=O) groups is 1. The number of carbonyl (C=O) groups excluding carboxylic acids is 1. The molecule has 1 spiro atoms. The highest BCUT2D eigenvalue weighted by Gasteiger charge is 2.57. The lowest BCUT2D eigenvalue weighted by atomic mass is 9.65. The van der Waals surface area contributed by atoms with Gasteiger partial charge in [0, 0.05) is 37.7 Å². The van der Waals surface area contributed by atoms with Crippen molar-refractivity contribution in [3.63, 3.8) is 0 Å². The zero-order chi connectivity index (χ0) is 23.9. The molecule has 1 aromatic heterocycles. The highest BCUT2D eigenvalue weighted by Crippen LogP contribution is 2.52. The van der Waals surface area contributed by atoms with Crippen molar-refractivity contribution in [1.29, 1.82) is 0 Å². The van der Waals surface area contributed by atoms with Gasteiger partial charge in [-0.15, -0.1) is 0 Å². The van der Waals surface area contributed by atoms with Crippen LogP contribution in [0.2, 0.25) is 0 Å². The Hall–Kier alpha value is -1.77. The van der Waals surface area contributed by atoms with Gasteiger partial charge in [0.1, 0.15) is 6.33 Å². The van der Waals surface area contributed by atoms with Crippen molar-refractivity contribution >= 4 is 11.7 Å². The average molecular weight is 472 g/mol. The summed E-state index contributed by atoms with van der Waals surface area (Å²) >= 11 is 0. The molecule has 2 saturated carbocycles. The van der Waals surface area contributed by atoms with Gasteiger partial charge in [0.2, 0.25) is 5.91 Å². The molecule has 2 N–H and O–H groups in total. The first-order valence-electron chi connectivity index (χ1n) is 13.3. The number of β-amino-alcohol motifs (C(OH)–C–C–N with tert-alkyl or cyclic N) is 1. The summed E-state index contributed by atoms with van der Waals surface area (Å²) in [6.45, 7) is 3.62. The number of aromatic nitrogens is 2. The number of aliphatic hydroxyl groups excluding tert-OH is 1. The Labute approximate surface area is 203 Å². The van der Waals surface area contributed by atoms with Crippen LogP contribution in [-0.2, 0) is 4.79 Å². The third kappa shape index (κ3) is 4.11. The number of aliphatic hydroxyl groups is 2. The zero-order valence-electron chi connectivity index (χ0n) is 20.8. The van der Waals surface area contributed by atoms with Gasteiger partial charge in [-0.2, -0.15) is 5.01 Å². The Morgan fingerprint density at radius 3 is 2.62 bits per heavy atom. The van der Waals surface area contributed by atoms with E-state index in [1.165, 1.54) is 38.4 Å². The molecule has 4 aliphatic rings. The maximum absolute atomic E-state index is 13.5. The fraction of sp³-hybridized carbons (Fsp3) is 0.808. The number of hydrogen-bond donors (Lipinski definition) is 2. The van der Waals surface area contributed by atoms with Crippen molar-refractivity contribution in [1.82, 2.24) is 19.9 Å². The second-order valence-corrected chi connectivity index (χ2v) is 11.5. The van der Waals surface area contributed by atoms with E-state index in [-0.39, 0.29) is 17.2 Å². The van der Waals surface area contributed by atoms with E-state index in [2.05, 4.69) is 21.8 Å². The fourth-order valence-electron chi connectivity index (χ4n) is 7.32. The molecule has 8 heteroatoms. The van der Waals surface area contributed by atoms with E-state index >= 15 is 0 Å². The van der Waals surface area contributed by atoms with Crippen LogP contribution in [0.25, 0.3) is 0 Å². The summed E-state index contributed by atoms with van der Waals surface area (Å²) in [7, 11) is 1.87. The molecule has 2 aliphatic heterocycles. The molecule has 0 aromatic carbocycles. The van der Waals surface area contributed by atoms with Gasteiger partial charge >= 0.3 is 0 Å². The fourth-order valence-corrected chi connectivity index (χ4v) is 7.32. The maximum Gasteiger partial charge on any atom is 0.225 e. The van der Waals surface area contributed by atoms with Gasteiger partial charge in [0.25, 0.3) is 0 Å². The third-order valence-electron chi connectivity index (χ3n) is 9.38. The number of hydrogen-bond acceptors (Lipinski definition) is 7. The van der Waals surface area contributed by atoms with Crippen LogP contribution in [0.15, 0.2) is 12.5 Å². The molecule has 1 amide bonds. The Kier molecular flexibility index (Phi) is 6.59. The number of amides is 1. The molecular weight excluding hydrogens is 430 g/mol. The van der Waals surface area contributed by atoms with Gasteiger partial charge in [-0.1, -0.05) is 51.9 Å². The Balaban J connectivity index is 1.30. The van der Waals surface area contributed by atoms with E-state index in [0.29, 0.717) is 43.4 Å². The molecule has 0 radical (unpaired) electrons. The van der Waals surface area contributed by atoms with E-state index in [9.17, 15) is 15.0 Å². The van der Waals surface area contributed by atoms with E-state index in [1.807, 2.05) is 17.1 Å². The van der Waals surface area contributed by atoms with E-state index < -0.39 is 11.8 Å². The summed E-state index contributed by atoms with van der Waals surface area (Å²) in [4.78, 5) is 23.9. The van der Waals surface area contributed by atoms with Gasteiger partial charge in [-0.25, -0.2) is 9.97 Å². The first-order valence-corrected chi connectivity index (χ1v) is 13.3. The highest BCUT2D eigenvalue weighted by molar-refractivity contribution is 5.78. The number of nitrogens with zero attached hydrogens (tertiary/aromatic N) is 5. The largest absolute Gasteiger partial charge is 0.388 e. The summed E-state index contributed by atoms with van der Waals surface area (Å²) in [6.07, 6.45) is 14.3. The third-order valence-corrected chi connectivity index (χ3v) is 9.38. The van der Waals surface area contributed by atoms with Crippen molar-refractivity contribution < 1.29 is 15.0 Å². The minimum atomic E-state index is -0.975. The molecule has 3 fully saturated rings. The van der Waals surface area contributed by atoms with Gasteiger partial charge < -0.3 is 15.1 Å². The lowest BCUT2D eigenvalue weighted by molar-refractivity contribution is -0.172. The monoisotopic (exact) mass is 471 g/mol. The molecule has 3 atom stereocenters. The molecule has 1 saturated heterocycles. The number of fused-ring (bicyclic) bond motifs is 1. The van der Waals surface area contributed by atoms with Crippen molar-refractivity contribution in [2.45, 2.75) is 89.4 Å². The Morgan fingerprint density at radius 2 is 1.91 bits per heavy atom. The standard InChI is InChI=1S/C26H41N5O3/c1-19(14-20-8-4-3-5-9-20)23(32)30-13-12-26(34,25(16-30)10-6-7-11-25)17-31-24(33)21-15-27-18-28-22(21)29(31)2/h15,18-20,24,33-34H,3-14,16-17H2,1-2H3/t19-,24?,26?/m1/s1. The zero-order valence-corrected chi connectivity index (χ0v) is 20.8. The van der Waals surface area contributed by atoms with Crippen LogP contribution < -0.4 is 5.01 Å². The predicted molar refractivity (Wildman–Crippen MR) is 130 cm³/mol. The van der Waals surface area contributed by atoms with Crippen LogP contribution in [0.4, 0.5) is 5.82 Å². The lowest BCUT2D eigenvalue weighted by Gasteiger charge is -2.54. The molecule has 3 heterocycles. The number of piperidine rings is 1. The summed E-state index contributed by atoms with van der Waals surface area (Å²) < 4.78 is 0. The van der Waals surface area contributed by atoms with Gasteiger partial charge in [0.15, 0.2) is 12.0 Å². The molecular formula is C26H41N5O3. The number of rotatable bonds is 5. The van der Waals surface area contributed by atoms with Crippen molar-refractivity contribution in [2.75, 3.05) is 31.7 Å². The van der Waals surface area contributed by atoms with Crippen molar-refractivity contribution in [3.05, 3.63) is 18.1 Å². The molecule has 1 aromatic rings. The van der Waals surface area contributed by atoms with Crippen LogP contribution in [0.5, 0.6) is 0 Å². The summed E-state index contributed by atoms with van der Waals surface area (Å²) in [6, 6.07) is 0. The van der Waals surface area contributed by atoms with Crippen LogP contribution in [0, 0.1) is 17.3 Å². The molecule has 34 heavy (non-hydrogen) atoms. The Morgan fingerprint density at radius 1 is 1.18 bits per heavy atom. The van der Waals surface area contributed by atoms with Crippen LogP contribution >= 0.6 is 0 Å². The van der Waals surface area contributed by atoms with Crippen molar-refractivity contribution in [3.8, 4) is 0 Å². The van der Waals surface area contributed by atoms with Crippen LogP contribution in [0.3, 0.4) is 0 Å². The molecule has 2 aliphatic carbocycles. The smallest absolute Gasteiger partial charge is 0.225 e. The number of anilines is 1. The summed E-state index contributed by atoms with van der Waals surface area (Å²) in [5.74, 6) is 1.68. The van der Waals surface area contributed by atoms with Gasteiger partial charge in [-0.05, 0) is 31.6 Å². The number of likely N-dealkylation sites (tertiary alicyclic amines) is 1. The lowest BCUT2D eigenvalue weighted by Crippen LogP contribution is -2.65. The summed E-state index contributed by atoms with van der Waals surface area (Å²) in [5, 5.41) is 26.8. The summed E-state index contributed by atoms with van der Waals surface area (Å²) in [5.41, 5.74) is -0.636. The quantitative estimate of drug-likeness (QED) is 0.681. The normalized spacial score (nSPS) is 30.6.